The van der Waals surface area contributed by atoms with E-state index in [1.165, 1.54) is 0 Å². The van der Waals surface area contributed by atoms with Crippen LogP contribution in [-0.2, 0) is 14.4 Å². The number of amides is 1. The van der Waals surface area contributed by atoms with Gasteiger partial charge in [0, 0.05) is 48.3 Å². The van der Waals surface area contributed by atoms with E-state index in [9.17, 15) is 14.4 Å². The Kier molecular flexibility index (Phi) is 6.42. The number of benzene rings is 1. The van der Waals surface area contributed by atoms with Crippen molar-refractivity contribution in [1.29, 1.82) is 0 Å². The largest absolute Gasteiger partial charge is 0.490 e. The number of hydrogen-bond acceptors (Lipinski definition) is 6. The molecule has 2 N–H and O–H groups in total. The number of carbonyl (C=O) groups is 3. The molecule has 0 spiro atoms. The summed E-state index contributed by atoms with van der Waals surface area (Å²) in [4.78, 5) is 39.6. The fraction of sp³-hybridized carbons (Fsp3) is 0.458. The van der Waals surface area contributed by atoms with Crippen LogP contribution in [0.15, 0.2) is 39.1 Å². The van der Waals surface area contributed by atoms with Crippen LogP contribution >= 0.6 is 15.9 Å². The summed E-state index contributed by atoms with van der Waals surface area (Å²) in [5.41, 5.74) is 9.50. The number of halogens is 1. The lowest BCUT2D eigenvalue weighted by atomic mass is 9.71. The molecule has 0 radical (unpaired) electrons. The smallest absolute Gasteiger partial charge is 0.255 e. The molecule has 170 valence electrons. The maximum atomic E-state index is 13.1. The van der Waals surface area contributed by atoms with E-state index in [0.29, 0.717) is 46.6 Å². The zero-order chi connectivity index (χ0) is 23.0. The summed E-state index contributed by atoms with van der Waals surface area (Å²) in [6.45, 7) is 1.95. The third-order valence-electron chi connectivity index (χ3n) is 6.27. The first-order valence-corrected chi connectivity index (χ1v) is 11.8. The maximum Gasteiger partial charge on any atom is 0.255 e. The number of allylic oxidation sites excluding steroid dienone is 4. The van der Waals surface area contributed by atoms with E-state index in [4.69, 9.17) is 15.2 Å². The number of rotatable bonds is 6. The fourth-order valence-corrected chi connectivity index (χ4v) is 5.56. The summed E-state index contributed by atoms with van der Waals surface area (Å²) in [7, 11) is 1.97. The molecule has 1 aliphatic heterocycles. The van der Waals surface area contributed by atoms with E-state index in [1.807, 2.05) is 26.1 Å². The number of carbonyl (C=O) groups excluding carboxylic acids is 3. The Balaban J connectivity index is 1.89. The number of nitrogens with two attached hydrogens (primary N) is 1. The van der Waals surface area contributed by atoms with Gasteiger partial charge in [-0.15, -0.1) is 0 Å². The van der Waals surface area contributed by atoms with Crippen molar-refractivity contribution in [1.82, 2.24) is 4.90 Å². The number of nitrogens with zero attached hydrogens (tertiary/aromatic N) is 1. The maximum absolute atomic E-state index is 13.1. The van der Waals surface area contributed by atoms with Gasteiger partial charge >= 0.3 is 0 Å². The van der Waals surface area contributed by atoms with Gasteiger partial charge < -0.3 is 20.1 Å². The standard InChI is InChI=1S/C24H27BrN2O5/c1-3-31-19-11-13(10-14(25)24(19)32-12-20(26)30)21-22-15(6-4-8-17(22)28)27(2)16-7-5-9-18(29)23(16)21/h10-11,21H,3-9,12H2,1-2H3,(H2,26,30). The average Bonchev–Trinajstić information content (AvgIpc) is 2.74. The lowest BCUT2D eigenvalue weighted by Gasteiger charge is -2.42. The molecule has 0 aromatic heterocycles. The quantitative estimate of drug-likeness (QED) is 0.635. The van der Waals surface area contributed by atoms with Crippen LogP contribution < -0.4 is 15.2 Å². The third kappa shape index (κ3) is 3.96. The molecular formula is C24H27BrN2O5. The number of ketones is 2. The molecule has 4 rings (SSSR count). The van der Waals surface area contributed by atoms with Crippen LogP contribution in [0, 0.1) is 0 Å². The van der Waals surface area contributed by atoms with Gasteiger partial charge in [0.05, 0.1) is 11.1 Å². The highest BCUT2D eigenvalue weighted by Crippen LogP contribution is 2.50. The highest BCUT2D eigenvalue weighted by atomic mass is 79.9. The van der Waals surface area contributed by atoms with Crippen LogP contribution in [0.3, 0.4) is 0 Å². The fourth-order valence-electron chi connectivity index (χ4n) is 4.99. The molecule has 0 saturated heterocycles. The van der Waals surface area contributed by atoms with Crippen LogP contribution in [0.4, 0.5) is 0 Å². The molecule has 1 aromatic rings. The molecule has 0 atom stereocenters. The Morgan fingerprint density at radius 2 is 1.66 bits per heavy atom. The first kappa shape index (κ1) is 22.6. The first-order chi connectivity index (χ1) is 15.3. The Morgan fingerprint density at radius 3 is 2.19 bits per heavy atom. The van der Waals surface area contributed by atoms with Gasteiger partial charge in [-0.3, -0.25) is 14.4 Å². The Morgan fingerprint density at radius 1 is 1.06 bits per heavy atom. The zero-order valence-electron chi connectivity index (χ0n) is 18.3. The summed E-state index contributed by atoms with van der Waals surface area (Å²) >= 11 is 3.53. The Labute approximate surface area is 195 Å². The summed E-state index contributed by atoms with van der Waals surface area (Å²) in [6.07, 6.45) is 4.24. The minimum Gasteiger partial charge on any atom is -0.490 e. The molecule has 7 nitrogen and oxygen atoms in total. The van der Waals surface area contributed by atoms with E-state index < -0.39 is 11.8 Å². The van der Waals surface area contributed by atoms with Gasteiger partial charge in [-0.1, -0.05) is 0 Å². The molecule has 1 heterocycles. The number of Topliss-reactive ketones (excluding diaryl/α,β-unsaturated/α-hetero) is 2. The van der Waals surface area contributed by atoms with E-state index in [2.05, 4.69) is 20.8 Å². The molecule has 0 saturated carbocycles. The van der Waals surface area contributed by atoms with Crippen LogP contribution in [0.2, 0.25) is 0 Å². The average molecular weight is 503 g/mol. The third-order valence-corrected chi connectivity index (χ3v) is 6.86. The van der Waals surface area contributed by atoms with Gasteiger partial charge in [0.1, 0.15) is 0 Å². The first-order valence-electron chi connectivity index (χ1n) is 11.0. The van der Waals surface area contributed by atoms with E-state index in [1.54, 1.807) is 0 Å². The van der Waals surface area contributed by atoms with Gasteiger partial charge in [0.15, 0.2) is 29.7 Å². The molecule has 0 unspecified atom stereocenters. The van der Waals surface area contributed by atoms with Gasteiger partial charge in [-0.05, 0) is 66.2 Å². The normalized spacial score (nSPS) is 19.2. The van der Waals surface area contributed by atoms with Crippen LogP contribution in [0.25, 0.3) is 0 Å². The zero-order valence-corrected chi connectivity index (χ0v) is 19.9. The molecule has 32 heavy (non-hydrogen) atoms. The summed E-state index contributed by atoms with van der Waals surface area (Å²) in [5.74, 6) is -0.0303. The highest BCUT2D eigenvalue weighted by molar-refractivity contribution is 9.10. The number of hydrogen-bond donors (Lipinski definition) is 1. The molecule has 0 bridgehead atoms. The number of primary amides is 1. The van der Waals surface area contributed by atoms with Crippen molar-refractivity contribution < 1.29 is 23.9 Å². The molecule has 0 fully saturated rings. The van der Waals surface area contributed by atoms with Gasteiger partial charge in [0.25, 0.3) is 5.91 Å². The van der Waals surface area contributed by atoms with Crippen molar-refractivity contribution in [3.05, 3.63) is 44.7 Å². The lowest BCUT2D eigenvalue weighted by molar-refractivity contribution is -0.120. The SMILES string of the molecule is CCOc1cc(C2C3=C(CCCC3=O)N(C)C3=C2C(=O)CCC3)cc(Br)c1OCC(N)=O. The monoisotopic (exact) mass is 502 g/mol. The molecule has 1 amide bonds. The molecule has 3 aliphatic rings. The van der Waals surface area contributed by atoms with Crippen molar-refractivity contribution in [3.63, 3.8) is 0 Å². The predicted molar refractivity (Wildman–Crippen MR) is 122 cm³/mol. The van der Waals surface area contributed by atoms with Gasteiger partial charge in [-0.2, -0.15) is 0 Å². The molecule has 8 heteroatoms. The number of ether oxygens (including phenoxy) is 2. The second kappa shape index (κ2) is 9.10. The van der Waals surface area contributed by atoms with E-state index >= 15 is 0 Å². The van der Waals surface area contributed by atoms with E-state index in [0.717, 1.165) is 42.6 Å². The topological polar surface area (TPSA) is 98.9 Å². The molecule has 1 aromatic carbocycles. The van der Waals surface area contributed by atoms with Crippen molar-refractivity contribution in [3.8, 4) is 11.5 Å². The summed E-state index contributed by atoms with van der Waals surface area (Å²) in [6, 6.07) is 3.67. The Hall–Kier alpha value is -2.61. The van der Waals surface area contributed by atoms with Crippen LogP contribution in [0.5, 0.6) is 11.5 Å². The minimum absolute atomic E-state index is 0.0937. The van der Waals surface area contributed by atoms with Crippen molar-refractivity contribution in [2.45, 2.75) is 51.4 Å². The second-order valence-electron chi connectivity index (χ2n) is 8.28. The van der Waals surface area contributed by atoms with E-state index in [-0.39, 0.29) is 18.2 Å². The lowest BCUT2D eigenvalue weighted by Crippen LogP contribution is -2.37. The Bertz CT molecular complexity index is 1010. The minimum atomic E-state index is -0.594. The molecule has 2 aliphatic carbocycles. The summed E-state index contributed by atoms with van der Waals surface area (Å²) < 4.78 is 12.0. The highest BCUT2D eigenvalue weighted by Gasteiger charge is 2.42. The van der Waals surface area contributed by atoms with Gasteiger partial charge in [-0.25, -0.2) is 0 Å². The van der Waals surface area contributed by atoms with Crippen LogP contribution in [-0.4, -0.2) is 42.6 Å². The van der Waals surface area contributed by atoms with Crippen molar-refractivity contribution >= 4 is 33.4 Å². The predicted octanol–water partition coefficient (Wildman–Crippen LogP) is 3.76. The molecular weight excluding hydrogens is 476 g/mol. The van der Waals surface area contributed by atoms with Crippen LogP contribution in [0.1, 0.15) is 56.9 Å². The second-order valence-corrected chi connectivity index (χ2v) is 9.14. The van der Waals surface area contributed by atoms with Crippen molar-refractivity contribution in [2.24, 2.45) is 5.73 Å². The van der Waals surface area contributed by atoms with Crippen molar-refractivity contribution in [2.75, 3.05) is 20.3 Å². The summed E-state index contributed by atoms with van der Waals surface area (Å²) in [5, 5.41) is 0. The van der Waals surface area contributed by atoms with Gasteiger partial charge in [0.2, 0.25) is 0 Å².